The summed E-state index contributed by atoms with van der Waals surface area (Å²) in [6.07, 6.45) is 1.58. The molecule has 0 saturated carbocycles. The topological polar surface area (TPSA) is 41.6 Å². The standard InChI is InChI=1S/C16H22N2O2/c19-15(18-10-8-17-9-11-18)16(6-12-20-13-7-16)14-4-2-1-3-5-14/h1-5,17H,6-13H2. The van der Waals surface area contributed by atoms with Gasteiger partial charge in [-0.1, -0.05) is 30.3 Å². The summed E-state index contributed by atoms with van der Waals surface area (Å²) in [6.45, 7) is 4.77. The van der Waals surface area contributed by atoms with Crippen molar-refractivity contribution in [2.45, 2.75) is 18.3 Å². The number of hydrogen-bond acceptors (Lipinski definition) is 3. The average molecular weight is 274 g/mol. The van der Waals surface area contributed by atoms with Gasteiger partial charge in [0.15, 0.2) is 0 Å². The summed E-state index contributed by atoms with van der Waals surface area (Å²) in [5, 5.41) is 3.31. The Kier molecular flexibility index (Phi) is 4.03. The van der Waals surface area contributed by atoms with Crippen LogP contribution < -0.4 is 5.32 Å². The molecule has 2 heterocycles. The van der Waals surface area contributed by atoms with E-state index in [0.717, 1.165) is 44.6 Å². The zero-order valence-electron chi connectivity index (χ0n) is 11.8. The summed E-state index contributed by atoms with van der Waals surface area (Å²) in [5.41, 5.74) is 0.767. The maximum atomic E-state index is 13.1. The molecule has 0 radical (unpaired) electrons. The van der Waals surface area contributed by atoms with E-state index in [9.17, 15) is 4.79 Å². The number of amides is 1. The fourth-order valence-electron chi connectivity index (χ4n) is 3.27. The first-order valence-electron chi connectivity index (χ1n) is 7.46. The predicted octanol–water partition coefficient (Wildman–Crippen LogP) is 1.17. The molecule has 2 aliphatic heterocycles. The van der Waals surface area contributed by atoms with Crippen LogP contribution in [0.2, 0.25) is 0 Å². The Balaban J connectivity index is 1.91. The summed E-state index contributed by atoms with van der Waals surface area (Å²) in [4.78, 5) is 15.1. The quantitative estimate of drug-likeness (QED) is 0.880. The Morgan fingerprint density at radius 2 is 1.75 bits per heavy atom. The molecule has 4 nitrogen and oxygen atoms in total. The minimum absolute atomic E-state index is 0.286. The SMILES string of the molecule is O=C(N1CCNCC1)C1(c2ccccc2)CCOCC1. The van der Waals surface area contributed by atoms with Crippen LogP contribution in [0.25, 0.3) is 0 Å². The fourth-order valence-corrected chi connectivity index (χ4v) is 3.27. The Hall–Kier alpha value is -1.39. The van der Waals surface area contributed by atoms with E-state index in [0.29, 0.717) is 13.2 Å². The zero-order valence-corrected chi connectivity index (χ0v) is 11.8. The van der Waals surface area contributed by atoms with E-state index >= 15 is 0 Å². The van der Waals surface area contributed by atoms with Gasteiger partial charge in [0.25, 0.3) is 0 Å². The molecule has 20 heavy (non-hydrogen) atoms. The summed E-state index contributed by atoms with van der Waals surface area (Å²) in [7, 11) is 0. The van der Waals surface area contributed by atoms with E-state index < -0.39 is 0 Å². The highest BCUT2D eigenvalue weighted by Crippen LogP contribution is 2.36. The lowest BCUT2D eigenvalue weighted by Gasteiger charge is -2.41. The molecule has 2 aliphatic rings. The zero-order chi connectivity index (χ0) is 13.8. The van der Waals surface area contributed by atoms with Gasteiger partial charge in [-0.15, -0.1) is 0 Å². The fraction of sp³-hybridized carbons (Fsp3) is 0.562. The number of piperazine rings is 1. The Labute approximate surface area is 120 Å². The normalized spacial score (nSPS) is 22.5. The maximum Gasteiger partial charge on any atom is 0.233 e. The molecule has 1 aromatic carbocycles. The Bertz CT molecular complexity index is 449. The van der Waals surface area contributed by atoms with Crippen LogP contribution in [0.1, 0.15) is 18.4 Å². The van der Waals surface area contributed by atoms with Gasteiger partial charge in [0.1, 0.15) is 0 Å². The summed E-state index contributed by atoms with van der Waals surface area (Å²) < 4.78 is 5.50. The lowest BCUT2D eigenvalue weighted by Crippen LogP contribution is -2.55. The van der Waals surface area contributed by atoms with E-state index in [1.165, 1.54) is 0 Å². The van der Waals surface area contributed by atoms with Crippen molar-refractivity contribution in [3.8, 4) is 0 Å². The largest absolute Gasteiger partial charge is 0.381 e. The van der Waals surface area contributed by atoms with Gasteiger partial charge in [-0.2, -0.15) is 0 Å². The van der Waals surface area contributed by atoms with Gasteiger partial charge in [0, 0.05) is 39.4 Å². The minimum Gasteiger partial charge on any atom is -0.381 e. The molecule has 108 valence electrons. The number of carbonyl (C=O) groups is 1. The Morgan fingerprint density at radius 1 is 1.10 bits per heavy atom. The van der Waals surface area contributed by atoms with Gasteiger partial charge >= 0.3 is 0 Å². The van der Waals surface area contributed by atoms with Gasteiger partial charge in [0.05, 0.1) is 5.41 Å². The van der Waals surface area contributed by atoms with E-state index in [1.54, 1.807) is 0 Å². The van der Waals surface area contributed by atoms with Gasteiger partial charge in [-0.3, -0.25) is 4.79 Å². The van der Waals surface area contributed by atoms with Crippen molar-refractivity contribution in [3.05, 3.63) is 35.9 Å². The van der Waals surface area contributed by atoms with Crippen molar-refractivity contribution in [2.75, 3.05) is 39.4 Å². The highest BCUT2D eigenvalue weighted by atomic mass is 16.5. The van der Waals surface area contributed by atoms with Crippen LogP contribution in [0.15, 0.2) is 30.3 Å². The second kappa shape index (κ2) is 5.94. The first kappa shape index (κ1) is 13.6. The van der Waals surface area contributed by atoms with E-state index in [-0.39, 0.29) is 11.3 Å². The van der Waals surface area contributed by atoms with Crippen molar-refractivity contribution in [1.82, 2.24) is 10.2 Å². The van der Waals surface area contributed by atoms with Crippen molar-refractivity contribution in [2.24, 2.45) is 0 Å². The number of ether oxygens (including phenoxy) is 1. The van der Waals surface area contributed by atoms with E-state index in [4.69, 9.17) is 4.74 Å². The van der Waals surface area contributed by atoms with Gasteiger partial charge in [0.2, 0.25) is 5.91 Å². The van der Waals surface area contributed by atoms with Crippen LogP contribution in [0.3, 0.4) is 0 Å². The second-order valence-corrected chi connectivity index (χ2v) is 5.60. The third kappa shape index (κ3) is 2.45. The van der Waals surface area contributed by atoms with Gasteiger partial charge in [-0.05, 0) is 18.4 Å². The molecule has 2 saturated heterocycles. The molecule has 0 unspecified atom stereocenters. The first-order chi connectivity index (χ1) is 9.83. The number of hydrogen-bond donors (Lipinski definition) is 1. The predicted molar refractivity (Wildman–Crippen MR) is 77.6 cm³/mol. The molecule has 1 amide bonds. The lowest BCUT2D eigenvalue weighted by molar-refractivity contribution is -0.142. The number of benzene rings is 1. The average Bonchev–Trinajstić information content (AvgIpc) is 2.56. The van der Waals surface area contributed by atoms with E-state index in [1.807, 2.05) is 23.1 Å². The van der Waals surface area contributed by atoms with Crippen molar-refractivity contribution in [1.29, 1.82) is 0 Å². The molecule has 0 aromatic heterocycles. The van der Waals surface area contributed by atoms with Gasteiger partial charge in [-0.25, -0.2) is 0 Å². The minimum atomic E-state index is -0.378. The van der Waals surface area contributed by atoms with Crippen LogP contribution in [0.4, 0.5) is 0 Å². The van der Waals surface area contributed by atoms with Crippen LogP contribution in [-0.2, 0) is 14.9 Å². The molecule has 0 bridgehead atoms. The van der Waals surface area contributed by atoms with Gasteiger partial charge < -0.3 is 15.0 Å². The lowest BCUT2D eigenvalue weighted by atomic mass is 9.73. The molecule has 0 aliphatic carbocycles. The number of nitrogens with zero attached hydrogens (tertiary/aromatic N) is 1. The third-order valence-electron chi connectivity index (χ3n) is 4.49. The third-order valence-corrected chi connectivity index (χ3v) is 4.49. The maximum absolute atomic E-state index is 13.1. The van der Waals surface area contributed by atoms with Crippen LogP contribution >= 0.6 is 0 Å². The molecule has 2 fully saturated rings. The monoisotopic (exact) mass is 274 g/mol. The molecule has 3 rings (SSSR count). The van der Waals surface area contributed by atoms with Crippen molar-refractivity contribution >= 4 is 5.91 Å². The van der Waals surface area contributed by atoms with Crippen molar-refractivity contribution in [3.63, 3.8) is 0 Å². The summed E-state index contributed by atoms with van der Waals surface area (Å²) in [6, 6.07) is 10.2. The van der Waals surface area contributed by atoms with Crippen LogP contribution in [0.5, 0.6) is 0 Å². The van der Waals surface area contributed by atoms with Crippen LogP contribution in [0, 0.1) is 0 Å². The number of rotatable bonds is 2. The Morgan fingerprint density at radius 3 is 2.40 bits per heavy atom. The molecule has 1 N–H and O–H groups in total. The molecule has 0 atom stereocenters. The molecule has 1 aromatic rings. The molecular weight excluding hydrogens is 252 g/mol. The van der Waals surface area contributed by atoms with Crippen molar-refractivity contribution < 1.29 is 9.53 Å². The van der Waals surface area contributed by atoms with Crippen LogP contribution in [-0.4, -0.2) is 50.2 Å². The highest BCUT2D eigenvalue weighted by molar-refractivity contribution is 5.88. The molecular formula is C16H22N2O2. The number of nitrogens with one attached hydrogen (secondary N) is 1. The second-order valence-electron chi connectivity index (χ2n) is 5.60. The molecule has 0 spiro atoms. The number of carbonyl (C=O) groups excluding carboxylic acids is 1. The summed E-state index contributed by atoms with van der Waals surface area (Å²) >= 11 is 0. The van der Waals surface area contributed by atoms with E-state index in [2.05, 4.69) is 17.4 Å². The summed E-state index contributed by atoms with van der Waals surface area (Å²) in [5.74, 6) is 0.286. The smallest absolute Gasteiger partial charge is 0.233 e. The highest BCUT2D eigenvalue weighted by Gasteiger charge is 2.44. The molecule has 4 heteroatoms. The first-order valence-corrected chi connectivity index (χ1v) is 7.46.